The SMILES string of the molecule is C=CC[C@@H]1N[C@@H](CC(C)=O)CC=C1Br. The molecule has 0 aromatic carbocycles. The first kappa shape index (κ1) is 11.7. The Balaban J connectivity index is 2.54. The van der Waals surface area contributed by atoms with Crippen LogP contribution in [0.2, 0.25) is 0 Å². The van der Waals surface area contributed by atoms with Gasteiger partial charge in [-0.05, 0) is 19.8 Å². The smallest absolute Gasteiger partial charge is 0.131 e. The molecule has 0 amide bonds. The van der Waals surface area contributed by atoms with Crippen molar-refractivity contribution in [1.82, 2.24) is 5.32 Å². The molecule has 0 saturated carbocycles. The maximum absolute atomic E-state index is 11.0. The summed E-state index contributed by atoms with van der Waals surface area (Å²) >= 11 is 3.52. The molecule has 0 spiro atoms. The molecule has 0 radical (unpaired) electrons. The summed E-state index contributed by atoms with van der Waals surface area (Å²) in [5.41, 5.74) is 0. The third kappa shape index (κ3) is 3.39. The number of Topliss-reactive ketones (excluding diaryl/α,β-unsaturated/α-hetero) is 1. The van der Waals surface area contributed by atoms with Gasteiger partial charge in [-0.25, -0.2) is 0 Å². The van der Waals surface area contributed by atoms with E-state index in [4.69, 9.17) is 0 Å². The number of ketones is 1. The second-order valence-electron chi connectivity index (χ2n) is 3.67. The van der Waals surface area contributed by atoms with E-state index in [0.717, 1.165) is 12.8 Å². The Bertz CT molecular complexity index is 260. The van der Waals surface area contributed by atoms with Gasteiger partial charge in [0.25, 0.3) is 0 Å². The highest BCUT2D eigenvalue weighted by Crippen LogP contribution is 2.22. The Labute approximate surface area is 93.6 Å². The summed E-state index contributed by atoms with van der Waals surface area (Å²) < 4.78 is 1.18. The molecule has 1 N–H and O–H groups in total. The third-order valence-electron chi connectivity index (χ3n) is 2.30. The Hall–Kier alpha value is -0.410. The Morgan fingerprint density at radius 3 is 3.14 bits per heavy atom. The molecule has 1 aliphatic heterocycles. The fourth-order valence-corrected chi connectivity index (χ4v) is 2.17. The number of nitrogens with one attached hydrogen (secondary N) is 1. The number of rotatable bonds is 4. The average Bonchev–Trinajstić information content (AvgIpc) is 2.10. The van der Waals surface area contributed by atoms with Crippen molar-refractivity contribution in [3.63, 3.8) is 0 Å². The molecule has 0 aliphatic carbocycles. The number of carbonyl (C=O) groups excluding carboxylic acids is 1. The normalized spacial score (nSPS) is 26.9. The van der Waals surface area contributed by atoms with Crippen LogP contribution in [0.15, 0.2) is 23.2 Å². The van der Waals surface area contributed by atoms with Gasteiger partial charge in [0.05, 0.1) is 0 Å². The summed E-state index contributed by atoms with van der Waals surface area (Å²) in [6.07, 6.45) is 6.48. The van der Waals surface area contributed by atoms with Crippen LogP contribution in [0.25, 0.3) is 0 Å². The fraction of sp³-hybridized carbons (Fsp3) is 0.545. The summed E-state index contributed by atoms with van der Waals surface area (Å²) in [5.74, 6) is 0.242. The lowest BCUT2D eigenvalue weighted by molar-refractivity contribution is -0.117. The van der Waals surface area contributed by atoms with Gasteiger partial charge in [0, 0.05) is 23.0 Å². The van der Waals surface area contributed by atoms with E-state index in [2.05, 4.69) is 33.9 Å². The molecule has 2 atom stereocenters. The second-order valence-corrected chi connectivity index (χ2v) is 4.59. The van der Waals surface area contributed by atoms with Crippen molar-refractivity contribution in [2.24, 2.45) is 0 Å². The molecular formula is C11H16BrNO. The van der Waals surface area contributed by atoms with Gasteiger partial charge in [0.1, 0.15) is 5.78 Å². The van der Waals surface area contributed by atoms with E-state index in [0.29, 0.717) is 18.5 Å². The molecule has 0 unspecified atom stereocenters. The zero-order chi connectivity index (χ0) is 10.6. The molecular weight excluding hydrogens is 242 g/mol. The van der Waals surface area contributed by atoms with Crippen LogP contribution in [0.1, 0.15) is 26.2 Å². The van der Waals surface area contributed by atoms with Gasteiger partial charge in [-0.1, -0.05) is 28.1 Å². The van der Waals surface area contributed by atoms with Crippen molar-refractivity contribution < 1.29 is 4.79 Å². The van der Waals surface area contributed by atoms with Crippen LogP contribution in [0.5, 0.6) is 0 Å². The van der Waals surface area contributed by atoms with Crippen LogP contribution in [0.4, 0.5) is 0 Å². The Morgan fingerprint density at radius 1 is 1.86 bits per heavy atom. The number of hydrogen-bond donors (Lipinski definition) is 1. The van der Waals surface area contributed by atoms with Crippen LogP contribution in [-0.4, -0.2) is 17.9 Å². The molecule has 0 bridgehead atoms. The van der Waals surface area contributed by atoms with Crippen LogP contribution in [-0.2, 0) is 4.79 Å². The minimum Gasteiger partial charge on any atom is -0.306 e. The zero-order valence-corrected chi connectivity index (χ0v) is 10.0. The molecule has 0 aromatic heterocycles. The van der Waals surface area contributed by atoms with Gasteiger partial charge >= 0.3 is 0 Å². The predicted octanol–water partition coefficient (Wildman–Crippen LogP) is 2.55. The largest absolute Gasteiger partial charge is 0.306 e. The molecule has 0 aromatic rings. The van der Waals surface area contributed by atoms with Crippen LogP contribution >= 0.6 is 15.9 Å². The lowest BCUT2D eigenvalue weighted by atomic mass is 10.00. The van der Waals surface area contributed by atoms with Gasteiger partial charge in [0.15, 0.2) is 0 Å². The standard InChI is InChI=1S/C11H16BrNO/c1-3-4-11-10(12)6-5-9(13-11)7-8(2)14/h3,6,9,11,13H,1,4-5,7H2,2H3/t9-,11+/m1/s1. The summed E-state index contributed by atoms with van der Waals surface area (Å²) in [4.78, 5) is 11.0. The lowest BCUT2D eigenvalue weighted by Gasteiger charge is -2.28. The van der Waals surface area contributed by atoms with Crippen LogP contribution < -0.4 is 5.32 Å². The van der Waals surface area contributed by atoms with E-state index in [-0.39, 0.29) is 5.78 Å². The van der Waals surface area contributed by atoms with E-state index in [9.17, 15) is 4.79 Å². The number of carbonyl (C=O) groups is 1. The fourth-order valence-electron chi connectivity index (χ4n) is 1.67. The average molecular weight is 258 g/mol. The first-order chi connectivity index (χ1) is 6.63. The minimum absolute atomic E-state index is 0.242. The summed E-state index contributed by atoms with van der Waals surface area (Å²) in [6.45, 7) is 5.36. The number of hydrogen-bond acceptors (Lipinski definition) is 2. The van der Waals surface area contributed by atoms with Gasteiger partial charge in [0.2, 0.25) is 0 Å². The van der Waals surface area contributed by atoms with Crippen LogP contribution in [0.3, 0.4) is 0 Å². The van der Waals surface area contributed by atoms with Crippen molar-refractivity contribution in [3.05, 3.63) is 23.2 Å². The first-order valence-electron chi connectivity index (χ1n) is 4.85. The van der Waals surface area contributed by atoms with E-state index in [1.807, 2.05) is 6.08 Å². The predicted molar refractivity (Wildman–Crippen MR) is 62.5 cm³/mol. The molecule has 0 saturated heterocycles. The molecule has 3 heteroatoms. The third-order valence-corrected chi connectivity index (χ3v) is 3.18. The van der Waals surface area contributed by atoms with Crippen molar-refractivity contribution >= 4 is 21.7 Å². The van der Waals surface area contributed by atoms with E-state index in [1.54, 1.807) is 6.92 Å². The summed E-state index contributed by atoms with van der Waals surface area (Å²) in [6, 6.07) is 0.587. The maximum Gasteiger partial charge on any atom is 0.131 e. The summed E-state index contributed by atoms with van der Waals surface area (Å²) in [5, 5.41) is 3.43. The first-order valence-corrected chi connectivity index (χ1v) is 5.64. The molecule has 14 heavy (non-hydrogen) atoms. The maximum atomic E-state index is 11.0. The van der Waals surface area contributed by atoms with Gasteiger partial charge in [-0.15, -0.1) is 6.58 Å². The molecule has 1 aliphatic rings. The molecule has 1 rings (SSSR count). The van der Waals surface area contributed by atoms with E-state index < -0.39 is 0 Å². The van der Waals surface area contributed by atoms with Crippen molar-refractivity contribution in [3.8, 4) is 0 Å². The molecule has 78 valence electrons. The molecule has 2 nitrogen and oxygen atoms in total. The lowest BCUT2D eigenvalue weighted by Crippen LogP contribution is -2.41. The van der Waals surface area contributed by atoms with Gasteiger partial charge in [-0.2, -0.15) is 0 Å². The van der Waals surface area contributed by atoms with Crippen molar-refractivity contribution in [1.29, 1.82) is 0 Å². The monoisotopic (exact) mass is 257 g/mol. The van der Waals surface area contributed by atoms with Crippen LogP contribution in [0, 0.1) is 0 Å². The summed E-state index contributed by atoms with van der Waals surface area (Å²) in [7, 11) is 0. The van der Waals surface area contributed by atoms with Gasteiger partial charge < -0.3 is 5.32 Å². The minimum atomic E-state index is 0.242. The highest BCUT2D eigenvalue weighted by atomic mass is 79.9. The topological polar surface area (TPSA) is 29.1 Å². The Kier molecular flexibility index (Phi) is 4.55. The second kappa shape index (κ2) is 5.47. The van der Waals surface area contributed by atoms with Crippen molar-refractivity contribution in [2.45, 2.75) is 38.3 Å². The number of halogens is 1. The van der Waals surface area contributed by atoms with Crippen molar-refractivity contribution in [2.75, 3.05) is 0 Å². The highest BCUT2D eigenvalue weighted by Gasteiger charge is 2.21. The van der Waals surface area contributed by atoms with E-state index >= 15 is 0 Å². The van der Waals surface area contributed by atoms with Gasteiger partial charge in [-0.3, -0.25) is 4.79 Å². The zero-order valence-electron chi connectivity index (χ0n) is 8.42. The molecule has 1 heterocycles. The molecule has 0 fully saturated rings. The Morgan fingerprint density at radius 2 is 2.57 bits per heavy atom. The quantitative estimate of drug-likeness (QED) is 0.785. The highest BCUT2D eigenvalue weighted by molar-refractivity contribution is 9.11. The van der Waals surface area contributed by atoms with E-state index in [1.165, 1.54) is 4.48 Å².